The van der Waals surface area contributed by atoms with Gasteiger partial charge in [-0.3, -0.25) is 0 Å². The molecule has 0 spiro atoms. The molecule has 1 aromatic carbocycles. The number of piperazine rings is 1. The fourth-order valence-corrected chi connectivity index (χ4v) is 4.17. The van der Waals surface area contributed by atoms with Gasteiger partial charge in [0.1, 0.15) is 5.82 Å². The highest BCUT2D eigenvalue weighted by Crippen LogP contribution is 2.24. The van der Waals surface area contributed by atoms with Crippen molar-refractivity contribution in [2.45, 2.75) is 32.2 Å². The zero-order valence-electron chi connectivity index (χ0n) is 17.0. The number of carbonyl (C=O) groups excluding carboxylic acids is 1. The highest BCUT2D eigenvalue weighted by molar-refractivity contribution is 6.31. The Labute approximate surface area is 180 Å². The van der Waals surface area contributed by atoms with Crippen molar-refractivity contribution in [3.05, 3.63) is 41.2 Å². The maximum Gasteiger partial charge on any atom is 0.321 e. The van der Waals surface area contributed by atoms with Crippen LogP contribution in [0.2, 0.25) is 5.02 Å². The molecule has 0 radical (unpaired) electrons. The van der Waals surface area contributed by atoms with Crippen LogP contribution in [-0.2, 0) is 0 Å². The SMILES string of the molecule is CC1CCCCN1c1ccc(N2CCN(C(=O)Nc3ccc(F)c(Cl)c3)CC2)nn1. The molecule has 2 aliphatic rings. The highest BCUT2D eigenvalue weighted by Gasteiger charge is 2.24. The molecule has 9 heteroatoms. The number of nitrogens with one attached hydrogen (secondary N) is 1. The van der Waals surface area contributed by atoms with E-state index in [1.807, 2.05) is 12.1 Å². The minimum atomic E-state index is -0.509. The van der Waals surface area contributed by atoms with Crippen LogP contribution in [0.3, 0.4) is 0 Å². The van der Waals surface area contributed by atoms with E-state index in [0.29, 0.717) is 37.9 Å². The smallest absolute Gasteiger partial charge is 0.321 e. The Bertz CT molecular complexity index is 888. The Hall–Kier alpha value is -2.61. The number of amides is 2. The molecule has 2 fully saturated rings. The van der Waals surface area contributed by atoms with E-state index >= 15 is 0 Å². The van der Waals surface area contributed by atoms with Gasteiger partial charge in [-0.25, -0.2) is 9.18 Å². The van der Waals surface area contributed by atoms with Crippen molar-refractivity contribution in [1.82, 2.24) is 15.1 Å². The first-order chi connectivity index (χ1) is 14.5. The van der Waals surface area contributed by atoms with Crippen molar-refractivity contribution in [2.75, 3.05) is 47.8 Å². The molecular formula is C21H26ClFN6O. The van der Waals surface area contributed by atoms with Crippen LogP contribution in [0.5, 0.6) is 0 Å². The van der Waals surface area contributed by atoms with Crippen molar-refractivity contribution < 1.29 is 9.18 Å². The Morgan fingerprint density at radius 3 is 2.47 bits per heavy atom. The van der Waals surface area contributed by atoms with Crippen LogP contribution in [0.1, 0.15) is 26.2 Å². The average molecular weight is 433 g/mol. The first-order valence-electron chi connectivity index (χ1n) is 10.4. The van der Waals surface area contributed by atoms with Gasteiger partial charge >= 0.3 is 6.03 Å². The summed E-state index contributed by atoms with van der Waals surface area (Å²) in [6, 6.07) is 8.47. The number of urea groups is 1. The molecule has 1 aromatic heterocycles. The number of carbonyl (C=O) groups is 1. The van der Waals surface area contributed by atoms with Crippen molar-refractivity contribution in [2.24, 2.45) is 0 Å². The number of hydrogen-bond donors (Lipinski definition) is 1. The van der Waals surface area contributed by atoms with Crippen LogP contribution < -0.4 is 15.1 Å². The molecule has 2 aliphatic heterocycles. The Morgan fingerprint density at radius 1 is 1.07 bits per heavy atom. The largest absolute Gasteiger partial charge is 0.352 e. The molecule has 2 amide bonds. The quantitative estimate of drug-likeness (QED) is 0.794. The summed E-state index contributed by atoms with van der Waals surface area (Å²) in [5, 5.41) is 11.6. The third-order valence-electron chi connectivity index (χ3n) is 5.80. The molecular weight excluding hydrogens is 407 g/mol. The van der Waals surface area contributed by atoms with Gasteiger partial charge in [-0.1, -0.05) is 11.6 Å². The second-order valence-electron chi connectivity index (χ2n) is 7.82. The summed E-state index contributed by atoms with van der Waals surface area (Å²) < 4.78 is 13.3. The molecule has 1 N–H and O–H groups in total. The number of benzene rings is 1. The monoisotopic (exact) mass is 432 g/mol. The van der Waals surface area contributed by atoms with Gasteiger partial charge in [-0.05, 0) is 56.5 Å². The molecule has 1 atom stereocenters. The van der Waals surface area contributed by atoms with Crippen molar-refractivity contribution in [1.29, 1.82) is 0 Å². The van der Waals surface area contributed by atoms with Gasteiger partial charge in [0.2, 0.25) is 0 Å². The molecule has 3 heterocycles. The van der Waals surface area contributed by atoms with E-state index in [2.05, 4.69) is 32.2 Å². The number of nitrogens with zero attached hydrogens (tertiary/aromatic N) is 5. The molecule has 7 nitrogen and oxygen atoms in total. The van der Waals surface area contributed by atoms with Gasteiger partial charge in [0.05, 0.1) is 5.02 Å². The minimum absolute atomic E-state index is 0.0152. The summed E-state index contributed by atoms with van der Waals surface area (Å²) in [6.07, 6.45) is 3.66. The van der Waals surface area contributed by atoms with Gasteiger partial charge in [0, 0.05) is 44.5 Å². The van der Waals surface area contributed by atoms with Crippen molar-refractivity contribution in [3.8, 4) is 0 Å². The summed E-state index contributed by atoms with van der Waals surface area (Å²) >= 11 is 5.78. The van der Waals surface area contributed by atoms with E-state index in [1.54, 1.807) is 4.90 Å². The zero-order chi connectivity index (χ0) is 21.1. The van der Waals surface area contributed by atoms with Crippen LogP contribution in [0.25, 0.3) is 0 Å². The van der Waals surface area contributed by atoms with Crippen LogP contribution in [-0.4, -0.2) is 59.9 Å². The predicted molar refractivity (Wildman–Crippen MR) is 117 cm³/mol. The Morgan fingerprint density at radius 2 is 1.80 bits per heavy atom. The number of anilines is 3. The first kappa shape index (κ1) is 20.7. The summed E-state index contributed by atoms with van der Waals surface area (Å²) in [5.74, 6) is 1.25. The van der Waals surface area contributed by atoms with E-state index in [9.17, 15) is 9.18 Å². The lowest BCUT2D eigenvalue weighted by Gasteiger charge is -2.36. The number of piperidine rings is 1. The summed E-state index contributed by atoms with van der Waals surface area (Å²) in [4.78, 5) is 18.7. The summed E-state index contributed by atoms with van der Waals surface area (Å²) in [5.41, 5.74) is 0.474. The molecule has 2 aromatic rings. The van der Waals surface area contributed by atoms with E-state index in [0.717, 1.165) is 18.2 Å². The molecule has 0 saturated carbocycles. The third-order valence-corrected chi connectivity index (χ3v) is 6.09. The van der Waals surface area contributed by atoms with Gasteiger partial charge in [0.25, 0.3) is 0 Å². The number of halogens is 2. The maximum absolute atomic E-state index is 13.3. The summed E-state index contributed by atoms with van der Waals surface area (Å²) in [6.45, 7) is 5.74. The van der Waals surface area contributed by atoms with Gasteiger partial charge < -0.3 is 20.0 Å². The zero-order valence-corrected chi connectivity index (χ0v) is 17.8. The summed E-state index contributed by atoms with van der Waals surface area (Å²) in [7, 11) is 0. The van der Waals surface area contributed by atoms with Gasteiger partial charge in [-0.15, -0.1) is 10.2 Å². The van der Waals surface area contributed by atoms with Crippen molar-refractivity contribution in [3.63, 3.8) is 0 Å². The van der Waals surface area contributed by atoms with Crippen LogP contribution in [0.15, 0.2) is 30.3 Å². The van der Waals surface area contributed by atoms with E-state index < -0.39 is 5.82 Å². The molecule has 0 aliphatic carbocycles. The lowest BCUT2D eigenvalue weighted by molar-refractivity contribution is 0.208. The third kappa shape index (κ3) is 4.59. The van der Waals surface area contributed by atoms with Crippen LogP contribution in [0.4, 0.5) is 26.5 Å². The second-order valence-corrected chi connectivity index (χ2v) is 8.23. The fraction of sp³-hybridized carbons (Fsp3) is 0.476. The number of hydrogen-bond acceptors (Lipinski definition) is 5. The Balaban J connectivity index is 1.31. The van der Waals surface area contributed by atoms with Gasteiger partial charge in [-0.2, -0.15) is 0 Å². The average Bonchev–Trinajstić information content (AvgIpc) is 2.77. The molecule has 0 bridgehead atoms. The molecule has 4 rings (SSSR count). The molecule has 160 valence electrons. The second kappa shape index (κ2) is 9.04. The predicted octanol–water partition coefficient (Wildman–Crippen LogP) is 4.00. The van der Waals surface area contributed by atoms with Gasteiger partial charge in [0.15, 0.2) is 11.6 Å². The fourth-order valence-electron chi connectivity index (χ4n) is 3.99. The van der Waals surface area contributed by atoms with E-state index in [-0.39, 0.29) is 11.1 Å². The lowest BCUT2D eigenvalue weighted by atomic mass is 10.0. The molecule has 1 unspecified atom stereocenters. The number of aromatic nitrogens is 2. The molecule has 30 heavy (non-hydrogen) atoms. The lowest BCUT2D eigenvalue weighted by Crippen LogP contribution is -2.50. The van der Waals surface area contributed by atoms with E-state index in [1.165, 1.54) is 37.5 Å². The minimum Gasteiger partial charge on any atom is -0.352 e. The van der Waals surface area contributed by atoms with Crippen LogP contribution >= 0.6 is 11.6 Å². The topological polar surface area (TPSA) is 64.6 Å². The first-order valence-corrected chi connectivity index (χ1v) is 10.8. The Kier molecular flexibility index (Phi) is 6.22. The normalized spacial score (nSPS) is 19.7. The van der Waals surface area contributed by atoms with Crippen LogP contribution in [0, 0.1) is 5.82 Å². The number of rotatable bonds is 3. The molecule has 2 saturated heterocycles. The highest BCUT2D eigenvalue weighted by atomic mass is 35.5. The maximum atomic E-state index is 13.3. The standard InChI is InChI=1S/C21H26ClFN6O/c1-15-4-2-3-9-29(15)20-8-7-19(25-26-20)27-10-12-28(13-11-27)21(30)24-16-5-6-18(23)17(22)14-16/h5-8,14-15H,2-4,9-13H2,1H3,(H,24,30). The van der Waals surface area contributed by atoms with Crippen molar-refractivity contribution >= 4 is 35.0 Å². The van der Waals surface area contributed by atoms with E-state index in [4.69, 9.17) is 11.6 Å².